The van der Waals surface area contributed by atoms with E-state index in [1.54, 1.807) is 0 Å². The van der Waals surface area contributed by atoms with Crippen molar-refractivity contribution in [2.45, 2.75) is 229 Å². The maximum atomic E-state index is 13.9. The molecule has 26 unspecified atom stereocenters. The number of hydrogen-bond acceptors (Lipinski definition) is 33. The molecule has 2 N–H and O–H groups in total. The molecule has 7 aliphatic rings. The smallest absolute Gasteiger partial charge is 0.394 e. The molecule has 0 amide bonds. The molecule has 518 valence electrons. The summed E-state index contributed by atoms with van der Waals surface area (Å²) in [4.78, 5) is 0. The van der Waals surface area contributed by atoms with Crippen LogP contribution >= 0.6 is 42.5 Å². The lowest BCUT2D eigenvalue weighted by Gasteiger charge is -2.30. The molecule has 0 bridgehead atoms. The van der Waals surface area contributed by atoms with E-state index in [1.165, 1.54) is 49.8 Å². The number of aliphatic hydroxyl groups excluding tert-OH is 2. The third-order valence-corrected chi connectivity index (χ3v) is 28.0. The third kappa shape index (κ3) is 23.3. The Hall–Kier alpha value is 1.98. The van der Waals surface area contributed by atoms with Crippen molar-refractivity contribution < 1.29 is 134 Å². The second kappa shape index (κ2) is 35.7. The molecule has 0 spiro atoms. The lowest BCUT2D eigenvalue weighted by molar-refractivity contribution is -0.0421. The molecule has 0 aromatic heterocycles. The van der Waals surface area contributed by atoms with Gasteiger partial charge in [-0.3, -0.25) is 27.1 Å². The first-order chi connectivity index (χ1) is 41.4. The van der Waals surface area contributed by atoms with Crippen LogP contribution in [0.5, 0.6) is 0 Å². The van der Waals surface area contributed by atoms with Crippen LogP contribution in [0.15, 0.2) is 0 Å². The van der Waals surface area contributed by atoms with Crippen molar-refractivity contribution in [2.75, 3.05) is 89.4 Å². The Morgan fingerprint density at radius 1 is 0.341 bits per heavy atom. The van der Waals surface area contributed by atoms with E-state index in [0.29, 0.717) is 44.9 Å². The summed E-state index contributed by atoms with van der Waals surface area (Å²) >= 11 is 22.2. The van der Waals surface area contributed by atoms with E-state index < -0.39 is 116 Å². The molecular formula is C49H94O29P6S4. The van der Waals surface area contributed by atoms with Crippen LogP contribution in [0.3, 0.4) is 0 Å². The summed E-state index contributed by atoms with van der Waals surface area (Å²) < 4.78 is 171. The summed E-state index contributed by atoms with van der Waals surface area (Å²) in [5.41, 5.74) is 0. The van der Waals surface area contributed by atoms with Crippen LogP contribution in [0.25, 0.3) is 0 Å². The summed E-state index contributed by atoms with van der Waals surface area (Å²) in [5.74, 6) is 0. The van der Waals surface area contributed by atoms with Gasteiger partial charge in [0.2, 0.25) is 0 Å². The van der Waals surface area contributed by atoms with Crippen molar-refractivity contribution in [2.24, 2.45) is 0 Å². The summed E-state index contributed by atoms with van der Waals surface area (Å²) in [5, 5.41) is 19.8. The maximum absolute atomic E-state index is 13.9. The van der Waals surface area contributed by atoms with Gasteiger partial charge < -0.3 is 97.7 Å². The van der Waals surface area contributed by atoms with Crippen molar-refractivity contribution in [3.8, 4) is 0 Å². The zero-order valence-electron chi connectivity index (χ0n) is 52.6. The summed E-state index contributed by atoms with van der Waals surface area (Å²) in [6.45, 7) is 1.76. The maximum Gasteiger partial charge on any atom is 0.474 e. The molecule has 7 fully saturated rings. The minimum Gasteiger partial charge on any atom is -0.394 e. The molecule has 88 heavy (non-hydrogen) atoms. The largest absolute Gasteiger partial charge is 0.474 e. The van der Waals surface area contributed by atoms with E-state index in [9.17, 15) is 19.3 Å². The molecule has 0 aliphatic carbocycles. The van der Waals surface area contributed by atoms with Gasteiger partial charge >= 0.3 is 42.5 Å². The molecule has 0 aromatic carbocycles. The van der Waals surface area contributed by atoms with Crippen LogP contribution in [0.1, 0.15) is 100 Å². The summed E-state index contributed by atoms with van der Waals surface area (Å²) in [6, 6.07) is 0. The quantitative estimate of drug-likeness (QED) is 0.0561. The second-order valence-electron chi connectivity index (χ2n) is 22.3. The van der Waals surface area contributed by atoms with Crippen LogP contribution in [0.4, 0.5) is 0 Å². The highest BCUT2D eigenvalue weighted by Crippen LogP contribution is 2.59. The minimum absolute atomic E-state index is 0.00654. The molecule has 7 heterocycles. The Morgan fingerprint density at radius 3 is 0.909 bits per heavy atom. The zero-order valence-corrected chi connectivity index (χ0v) is 61.2. The lowest BCUT2D eigenvalue weighted by atomic mass is 10.1. The Balaban J connectivity index is 0.000000368. The number of phosphoric acid groups is 2. The lowest BCUT2D eigenvalue weighted by Crippen LogP contribution is -2.32. The zero-order chi connectivity index (χ0) is 65.0. The van der Waals surface area contributed by atoms with E-state index in [2.05, 4.69) is 0 Å². The molecule has 26 atom stereocenters. The van der Waals surface area contributed by atoms with Gasteiger partial charge in [-0.1, -0.05) is 0 Å². The van der Waals surface area contributed by atoms with E-state index in [4.69, 9.17) is 162 Å². The van der Waals surface area contributed by atoms with Crippen molar-refractivity contribution in [3.63, 3.8) is 0 Å². The fraction of sp³-hybridized carbons (Fsp3) is 1.00. The van der Waals surface area contributed by atoms with E-state index in [1.807, 2.05) is 55.4 Å². The van der Waals surface area contributed by atoms with Crippen molar-refractivity contribution in [1.82, 2.24) is 0 Å². The minimum atomic E-state index is -4.23. The van der Waals surface area contributed by atoms with Gasteiger partial charge in [0, 0.05) is 94.7 Å². The molecule has 0 aromatic rings. The van der Waals surface area contributed by atoms with Crippen LogP contribution < -0.4 is 0 Å². The highest BCUT2D eigenvalue weighted by molar-refractivity contribution is 8.08. The highest BCUT2D eigenvalue weighted by atomic mass is 32.5. The first-order valence-electron chi connectivity index (χ1n) is 29.1. The number of aliphatic hydroxyl groups is 2. The van der Waals surface area contributed by atoms with Crippen molar-refractivity contribution in [3.05, 3.63) is 0 Å². The molecule has 0 saturated carbocycles. The summed E-state index contributed by atoms with van der Waals surface area (Å²) in [6.07, 6.45) is -5.59. The van der Waals surface area contributed by atoms with Gasteiger partial charge in [-0.15, -0.1) is 0 Å². The fourth-order valence-electron chi connectivity index (χ4n) is 10.8. The van der Waals surface area contributed by atoms with Gasteiger partial charge in [-0.05, 0) is 103 Å². The monoisotopic (exact) mass is 1460 g/mol. The Kier molecular flexibility index (Phi) is 32.0. The number of phosphoric ester groups is 2. The first kappa shape index (κ1) is 79.0. The summed E-state index contributed by atoms with van der Waals surface area (Å²) in [7, 11) is 1.33. The van der Waals surface area contributed by atoms with Gasteiger partial charge in [-0.25, -0.2) is 9.13 Å². The van der Waals surface area contributed by atoms with Crippen LogP contribution in [0, 0.1) is 0 Å². The Bertz CT molecular complexity index is 2450. The fourth-order valence-corrected chi connectivity index (χ4v) is 19.2. The van der Waals surface area contributed by atoms with Crippen molar-refractivity contribution in [1.29, 1.82) is 0 Å². The van der Waals surface area contributed by atoms with Gasteiger partial charge in [-0.2, -0.15) is 0 Å². The highest BCUT2D eigenvalue weighted by Gasteiger charge is 2.48. The normalized spacial score (nSPS) is 39.6. The number of rotatable bonds is 35. The predicted octanol–water partition coefficient (Wildman–Crippen LogP) is 8.62. The second-order valence-corrected chi connectivity index (χ2v) is 38.1. The molecule has 39 heteroatoms. The molecule has 7 saturated heterocycles. The Morgan fingerprint density at radius 2 is 0.602 bits per heavy atom. The first-order valence-corrected chi connectivity index (χ1v) is 42.2. The molecular weight excluding hydrogens is 1370 g/mol. The van der Waals surface area contributed by atoms with Crippen molar-refractivity contribution >= 4 is 89.7 Å². The molecule has 7 rings (SSSR count). The van der Waals surface area contributed by atoms with Gasteiger partial charge in [0.15, 0.2) is 0 Å². The average Bonchev–Trinajstić information content (AvgIpc) is 4.18. The molecule has 7 aliphatic heterocycles. The standard InChI is InChI=1S/C34H64O20P4S2.C15H30O9P2S2/c1-20-11-26(35)31(47-20)16-44-57(59,40-9)54-30-15-24(5)50-34(30)19-45-58(60,41-10)53-29-14-23(4)49-33(29)18-43-56(37,39-8)52-28-13-22(3)48-32(28)17-42-55(36,38-7)51-27-12-21(2)46-25(27)6;1-10-6-12(14(8-16)21-10)24-26(28,19-5)20-9-15-13(7-11(2)22-15)23-25(27,17-3)18-4/h20-35H,11-19H2,1-10H3;10-16H,6-9H2,1-5H3. The molecule has 29 nitrogen and oxygen atoms in total. The van der Waals surface area contributed by atoms with Gasteiger partial charge in [0.05, 0.1) is 125 Å². The number of ether oxygens (including phenoxy) is 7. The number of hydrogen-bond donors (Lipinski definition) is 2. The topological polar surface area (TPSA) is 305 Å². The van der Waals surface area contributed by atoms with E-state index in [0.717, 1.165) is 0 Å². The van der Waals surface area contributed by atoms with Crippen LogP contribution in [0.2, 0.25) is 0 Å². The Labute approximate surface area is 538 Å². The third-order valence-electron chi connectivity index (χ3n) is 15.2. The van der Waals surface area contributed by atoms with Crippen LogP contribution in [-0.2, 0) is 171 Å². The molecule has 0 radical (unpaired) electrons. The van der Waals surface area contributed by atoms with Crippen LogP contribution in [-0.4, -0.2) is 228 Å². The van der Waals surface area contributed by atoms with E-state index in [-0.39, 0.29) is 94.6 Å². The average molecular weight is 1460 g/mol. The van der Waals surface area contributed by atoms with E-state index >= 15 is 0 Å². The predicted molar refractivity (Wildman–Crippen MR) is 332 cm³/mol. The van der Waals surface area contributed by atoms with Gasteiger partial charge in [0.25, 0.3) is 0 Å². The van der Waals surface area contributed by atoms with Gasteiger partial charge in [0.1, 0.15) is 42.7 Å². The SMILES string of the molecule is COP(=O)(OCC1OC(C)CC1OP(=O)(OC)OCC1OC(C)CC1OP(=S)(OC)OCC1OC(C)CC1OP(=S)(OC)OCC1OC(C)CC1O)OC1CC(C)OC1C.COP(=S)(OC)OC1CC(C)OC1COP(=S)(OC)OC1CC(C)OC1CO.